The number of carbonyl (C=O) groups excluding carboxylic acids is 1. The topological polar surface area (TPSA) is 65.1 Å². The Hall–Kier alpha value is -2.59. The van der Waals surface area contributed by atoms with Crippen molar-refractivity contribution in [3.63, 3.8) is 0 Å². The van der Waals surface area contributed by atoms with Gasteiger partial charge in [-0.05, 0) is 42.0 Å². The summed E-state index contributed by atoms with van der Waals surface area (Å²) in [6.07, 6.45) is 1.89. The van der Waals surface area contributed by atoms with Gasteiger partial charge in [0, 0.05) is 16.8 Å². The normalized spacial score (nSPS) is 10.7. The summed E-state index contributed by atoms with van der Waals surface area (Å²) in [6.45, 7) is 0. The Balaban J connectivity index is 1.79. The minimum absolute atomic E-state index is 0.432. The number of H-pyrrole nitrogens is 1. The fourth-order valence-electron chi connectivity index (χ4n) is 2.45. The maximum atomic E-state index is 11.4. The second-order valence-electron chi connectivity index (χ2n) is 5.02. The number of carbonyl (C=O) groups is 1. The molecule has 0 unspecified atom stereocenters. The third-order valence-corrected chi connectivity index (χ3v) is 3.57. The van der Waals surface area contributed by atoms with Crippen LogP contribution in [0.1, 0.15) is 21.6 Å². The van der Waals surface area contributed by atoms with Gasteiger partial charge in [0.25, 0.3) is 5.91 Å². The molecule has 0 saturated heterocycles. The van der Waals surface area contributed by atoms with Crippen LogP contribution in [0, 0.1) is 0 Å². The van der Waals surface area contributed by atoms with Crippen molar-refractivity contribution < 1.29 is 10.0 Å². The molecule has 0 spiro atoms. The molecule has 0 fully saturated rings. The van der Waals surface area contributed by atoms with E-state index in [-0.39, 0.29) is 0 Å². The van der Waals surface area contributed by atoms with Crippen molar-refractivity contribution in [2.45, 2.75) is 12.8 Å². The van der Waals surface area contributed by atoms with E-state index in [1.807, 2.05) is 24.3 Å². The van der Waals surface area contributed by atoms with E-state index in [2.05, 4.69) is 23.2 Å². The van der Waals surface area contributed by atoms with Crippen LogP contribution in [0.4, 0.5) is 0 Å². The van der Waals surface area contributed by atoms with Gasteiger partial charge in [-0.15, -0.1) is 0 Å². The van der Waals surface area contributed by atoms with Crippen LogP contribution in [0.25, 0.3) is 10.9 Å². The van der Waals surface area contributed by atoms with E-state index >= 15 is 0 Å². The molecule has 0 aliphatic carbocycles. The molecule has 0 radical (unpaired) electrons. The molecule has 106 valence electrons. The molecule has 0 aliphatic heterocycles. The summed E-state index contributed by atoms with van der Waals surface area (Å²) in [5, 5.41) is 9.73. The van der Waals surface area contributed by atoms with Gasteiger partial charge in [-0.2, -0.15) is 0 Å². The Morgan fingerprint density at radius 1 is 1.05 bits per heavy atom. The summed E-state index contributed by atoms with van der Waals surface area (Å²) >= 11 is 0. The first-order chi connectivity index (χ1) is 10.3. The molecule has 2 aromatic carbocycles. The number of hydrogen-bond acceptors (Lipinski definition) is 2. The fraction of sp³-hybridized carbons (Fsp3) is 0.118. The van der Waals surface area contributed by atoms with Crippen LogP contribution in [0.5, 0.6) is 0 Å². The molecule has 1 aromatic heterocycles. The summed E-state index contributed by atoms with van der Waals surface area (Å²) in [4.78, 5) is 14.7. The molecule has 4 nitrogen and oxygen atoms in total. The van der Waals surface area contributed by atoms with Crippen LogP contribution < -0.4 is 5.48 Å². The van der Waals surface area contributed by atoms with E-state index in [4.69, 9.17) is 5.21 Å². The van der Waals surface area contributed by atoms with Gasteiger partial charge in [0.1, 0.15) is 0 Å². The Bertz CT molecular complexity index is 763. The Kier molecular flexibility index (Phi) is 3.71. The highest BCUT2D eigenvalue weighted by atomic mass is 16.5. The summed E-state index contributed by atoms with van der Waals surface area (Å²) in [6, 6.07) is 17.7. The Labute approximate surface area is 122 Å². The minimum Gasteiger partial charge on any atom is -0.358 e. The van der Waals surface area contributed by atoms with E-state index in [0.29, 0.717) is 5.56 Å². The molecule has 0 saturated carbocycles. The van der Waals surface area contributed by atoms with Crippen LogP contribution in [0.2, 0.25) is 0 Å². The zero-order valence-corrected chi connectivity index (χ0v) is 11.5. The quantitative estimate of drug-likeness (QED) is 0.508. The smallest absolute Gasteiger partial charge is 0.274 e. The van der Waals surface area contributed by atoms with Gasteiger partial charge >= 0.3 is 0 Å². The lowest BCUT2D eigenvalue weighted by Gasteiger charge is -1.99. The molecule has 4 heteroatoms. The molecule has 0 aliphatic rings. The number of fused-ring (bicyclic) bond motifs is 1. The zero-order valence-electron chi connectivity index (χ0n) is 11.5. The number of aromatic nitrogens is 1. The largest absolute Gasteiger partial charge is 0.358 e. The first kappa shape index (κ1) is 13.4. The van der Waals surface area contributed by atoms with Gasteiger partial charge in [0.15, 0.2) is 0 Å². The van der Waals surface area contributed by atoms with Gasteiger partial charge in [-0.25, -0.2) is 5.48 Å². The van der Waals surface area contributed by atoms with E-state index in [0.717, 1.165) is 29.4 Å². The Morgan fingerprint density at radius 2 is 1.86 bits per heavy atom. The molecule has 3 N–H and O–H groups in total. The van der Waals surface area contributed by atoms with Crippen molar-refractivity contribution in [1.29, 1.82) is 0 Å². The second kappa shape index (κ2) is 5.81. The third-order valence-electron chi connectivity index (χ3n) is 3.57. The molecule has 1 amide bonds. The lowest BCUT2D eigenvalue weighted by molar-refractivity contribution is 0.0706. The summed E-state index contributed by atoms with van der Waals surface area (Å²) in [5.74, 6) is -0.502. The van der Waals surface area contributed by atoms with Gasteiger partial charge < -0.3 is 4.98 Å². The van der Waals surface area contributed by atoms with E-state index in [1.54, 1.807) is 17.6 Å². The molecule has 3 aromatic rings. The number of nitrogens with one attached hydrogen (secondary N) is 2. The summed E-state index contributed by atoms with van der Waals surface area (Å²) in [7, 11) is 0. The summed E-state index contributed by atoms with van der Waals surface area (Å²) < 4.78 is 0. The van der Waals surface area contributed by atoms with Crippen LogP contribution in [-0.4, -0.2) is 16.1 Å². The molecule has 0 atom stereocenters. The monoisotopic (exact) mass is 280 g/mol. The molecule has 0 bridgehead atoms. The van der Waals surface area contributed by atoms with Crippen LogP contribution in [0.15, 0.2) is 54.6 Å². The van der Waals surface area contributed by atoms with Crippen molar-refractivity contribution in [3.8, 4) is 0 Å². The molecular formula is C17H16N2O2. The highest BCUT2D eigenvalue weighted by Crippen LogP contribution is 2.18. The number of hydrogen-bond donors (Lipinski definition) is 3. The van der Waals surface area contributed by atoms with Crippen LogP contribution in [0.3, 0.4) is 0 Å². The van der Waals surface area contributed by atoms with E-state index in [1.165, 1.54) is 5.56 Å². The average Bonchev–Trinajstić information content (AvgIpc) is 2.95. The minimum atomic E-state index is -0.502. The fourth-order valence-corrected chi connectivity index (χ4v) is 2.45. The summed E-state index contributed by atoms with van der Waals surface area (Å²) in [5.41, 5.74) is 5.42. The molecule has 21 heavy (non-hydrogen) atoms. The van der Waals surface area contributed by atoms with E-state index < -0.39 is 5.91 Å². The van der Waals surface area contributed by atoms with Gasteiger partial charge in [0.05, 0.1) is 0 Å². The second-order valence-corrected chi connectivity index (χ2v) is 5.02. The van der Waals surface area contributed by atoms with Crippen molar-refractivity contribution in [2.24, 2.45) is 0 Å². The highest BCUT2D eigenvalue weighted by molar-refractivity contribution is 5.97. The number of benzene rings is 2. The number of amides is 1. The number of rotatable bonds is 4. The third kappa shape index (κ3) is 2.95. The molecule has 1 heterocycles. The van der Waals surface area contributed by atoms with Crippen LogP contribution in [-0.2, 0) is 12.8 Å². The van der Waals surface area contributed by atoms with Crippen LogP contribution >= 0.6 is 0 Å². The van der Waals surface area contributed by atoms with Gasteiger partial charge in [0.2, 0.25) is 0 Å². The van der Waals surface area contributed by atoms with Crippen molar-refractivity contribution in [1.82, 2.24) is 10.5 Å². The number of aromatic amines is 1. The predicted octanol–water partition coefficient (Wildman–Crippen LogP) is 3.07. The lowest BCUT2D eigenvalue weighted by atomic mass is 10.1. The SMILES string of the molecule is O=C(NO)c1ccc2cc(CCc3ccccc3)[nH]c2c1. The predicted molar refractivity (Wildman–Crippen MR) is 81.4 cm³/mol. The average molecular weight is 280 g/mol. The molecule has 3 rings (SSSR count). The van der Waals surface area contributed by atoms with Gasteiger partial charge in [-0.3, -0.25) is 10.0 Å². The first-order valence-corrected chi connectivity index (χ1v) is 6.86. The lowest BCUT2D eigenvalue weighted by Crippen LogP contribution is -2.18. The first-order valence-electron chi connectivity index (χ1n) is 6.86. The standard InChI is InChI=1S/C17H16N2O2/c20-17(19-21)14-8-7-13-10-15(18-16(13)11-14)9-6-12-4-2-1-3-5-12/h1-5,7-8,10-11,18,21H,6,9H2,(H,19,20). The highest BCUT2D eigenvalue weighted by Gasteiger charge is 2.07. The number of hydroxylamine groups is 1. The Morgan fingerprint density at radius 3 is 2.62 bits per heavy atom. The van der Waals surface area contributed by atoms with Crippen molar-refractivity contribution >= 4 is 16.8 Å². The molecular weight excluding hydrogens is 264 g/mol. The number of aryl methyl sites for hydroxylation is 2. The van der Waals surface area contributed by atoms with Crippen molar-refractivity contribution in [3.05, 3.63) is 71.4 Å². The van der Waals surface area contributed by atoms with Crippen molar-refractivity contribution in [2.75, 3.05) is 0 Å². The maximum Gasteiger partial charge on any atom is 0.274 e. The van der Waals surface area contributed by atoms with E-state index in [9.17, 15) is 4.79 Å². The van der Waals surface area contributed by atoms with Gasteiger partial charge in [-0.1, -0.05) is 36.4 Å². The maximum absolute atomic E-state index is 11.4. The zero-order chi connectivity index (χ0) is 14.7.